The zero-order valence-electron chi connectivity index (χ0n) is 7.47. The summed E-state index contributed by atoms with van der Waals surface area (Å²) in [4.78, 5) is 0. The minimum atomic E-state index is 0. The molecule has 1 aliphatic heterocycles. The van der Waals surface area contributed by atoms with Gasteiger partial charge in [0.1, 0.15) is 0 Å². The van der Waals surface area contributed by atoms with E-state index in [4.69, 9.17) is 5.73 Å². The van der Waals surface area contributed by atoms with Crippen LogP contribution in [-0.4, -0.2) is 50.8 Å². The molecule has 0 aromatic heterocycles. The summed E-state index contributed by atoms with van der Waals surface area (Å²) in [6.07, 6.45) is 1.39. The molecule has 0 radical (unpaired) electrons. The number of nitrogens with two attached hydrogens (primary N) is 1. The molecular formula is C12H36N3+. The highest BCUT2D eigenvalue weighted by atomic mass is 15.4. The average molecular weight is 222 g/mol. The normalized spacial score (nSPS) is 15.6. The second kappa shape index (κ2) is 12.0. The number of nitrogens with zero attached hydrogens (tertiary/aromatic N) is 1. The Hall–Kier alpha value is -0.120. The van der Waals surface area contributed by atoms with Crippen molar-refractivity contribution in [3.63, 3.8) is 0 Å². The first-order chi connectivity index (χ1) is 5.33. The molecule has 0 aromatic carbocycles. The van der Waals surface area contributed by atoms with Crippen molar-refractivity contribution >= 4 is 0 Å². The Morgan fingerprint density at radius 3 is 1.87 bits per heavy atom. The quantitative estimate of drug-likeness (QED) is 0.698. The molecule has 0 bridgehead atoms. The van der Waals surface area contributed by atoms with Crippen LogP contribution in [0.1, 0.15) is 36.1 Å². The van der Waals surface area contributed by atoms with Gasteiger partial charge in [0, 0.05) is 19.5 Å². The number of quaternary nitrogens is 1. The highest BCUT2D eigenvalue weighted by molar-refractivity contribution is 4.57. The fraction of sp³-hybridized carbons (Fsp3) is 1.00. The van der Waals surface area contributed by atoms with E-state index in [0.29, 0.717) is 0 Å². The molecule has 0 aromatic rings. The molecule has 0 unspecified atom stereocenters. The lowest BCUT2D eigenvalue weighted by atomic mass is 10.1. The van der Waals surface area contributed by atoms with Crippen molar-refractivity contribution in [3.05, 3.63) is 0 Å². The van der Waals surface area contributed by atoms with Gasteiger partial charge in [0.05, 0.1) is 26.2 Å². The van der Waals surface area contributed by atoms with E-state index in [0.717, 1.165) is 13.1 Å². The third-order valence-corrected chi connectivity index (χ3v) is 2.70. The van der Waals surface area contributed by atoms with E-state index in [-0.39, 0.29) is 29.7 Å². The van der Waals surface area contributed by atoms with Crippen molar-refractivity contribution < 1.29 is 4.48 Å². The van der Waals surface area contributed by atoms with Crippen molar-refractivity contribution in [3.8, 4) is 0 Å². The van der Waals surface area contributed by atoms with Crippen LogP contribution in [0.25, 0.3) is 0 Å². The Labute approximate surface area is 98.6 Å². The highest BCUT2D eigenvalue weighted by Crippen LogP contribution is 2.17. The Kier molecular flexibility index (Phi) is 19.3. The van der Waals surface area contributed by atoms with Crippen molar-refractivity contribution in [2.75, 3.05) is 46.3 Å². The van der Waals surface area contributed by atoms with Gasteiger partial charge in [-0.05, 0) is 7.05 Å². The molecule has 98 valence electrons. The molecule has 3 N–H and O–H groups in total. The van der Waals surface area contributed by atoms with Crippen LogP contribution in [0.15, 0.2) is 0 Å². The van der Waals surface area contributed by atoms with Crippen molar-refractivity contribution in [2.24, 2.45) is 5.73 Å². The third kappa shape index (κ3) is 6.88. The second-order valence-electron chi connectivity index (χ2n) is 3.48. The van der Waals surface area contributed by atoms with Crippen LogP contribution in [0.5, 0.6) is 0 Å². The molecule has 0 spiro atoms. The molecular weight excluding hydrogens is 186 g/mol. The van der Waals surface area contributed by atoms with Crippen LogP contribution in [-0.2, 0) is 0 Å². The maximum Gasteiger partial charge on any atom is 0.0913 e. The van der Waals surface area contributed by atoms with Crippen molar-refractivity contribution in [2.45, 2.75) is 36.1 Å². The molecule has 3 heteroatoms. The van der Waals surface area contributed by atoms with Gasteiger partial charge in [0.15, 0.2) is 0 Å². The van der Waals surface area contributed by atoms with Gasteiger partial charge in [0.2, 0.25) is 0 Å². The Morgan fingerprint density at radius 1 is 1.07 bits per heavy atom. The van der Waals surface area contributed by atoms with Gasteiger partial charge in [-0.25, -0.2) is 0 Å². The van der Waals surface area contributed by atoms with Crippen LogP contribution in [0.2, 0.25) is 0 Å². The smallest absolute Gasteiger partial charge is 0.0913 e. The van der Waals surface area contributed by atoms with E-state index in [9.17, 15) is 0 Å². The predicted molar refractivity (Wildman–Crippen MR) is 74.3 cm³/mol. The van der Waals surface area contributed by atoms with E-state index >= 15 is 0 Å². The first kappa shape index (κ1) is 24.2. The number of rotatable bonds is 5. The fourth-order valence-corrected chi connectivity index (χ4v) is 1.79. The summed E-state index contributed by atoms with van der Waals surface area (Å²) in [6, 6.07) is 0. The Bertz CT molecular complexity index is 111. The van der Waals surface area contributed by atoms with Gasteiger partial charge in [0.25, 0.3) is 0 Å². The molecule has 1 fully saturated rings. The van der Waals surface area contributed by atoms with Gasteiger partial charge in [-0.1, -0.05) is 29.7 Å². The predicted octanol–water partition coefficient (Wildman–Crippen LogP) is 1.93. The largest absolute Gasteiger partial charge is 0.326 e. The number of hydrogen-bond donors (Lipinski definition) is 2. The number of likely N-dealkylation sites (tertiary alicyclic amines) is 1. The summed E-state index contributed by atoms with van der Waals surface area (Å²) < 4.78 is 1.26. The average Bonchev–Trinajstić information content (AvgIpc) is 1.95. The molecule has 15 heavy (non-hydrogen) atoms. The summed E-state index contributed by atoms with van der Waals surface area (Å²) in [6.45, 7) is 7.08. The summed E-state index contributed by atoms with van der Waals surface area (Å²) >= 11 is 0. The fourth-order valence-electron chi connectivity index (χ4n) is 1.79. The number of hydrogen-bond acceptors (Lipinski definition) is 2. The standard InChI is InChI=1S/C8H20N3.4CH4/c1-10-4-8-11(7-3-9)5-2-6-11;;;;/h10H,2-9H2,1H3;4*1H4/q+1;;;;. The summed E-state index contributed by atoms with van der Waals surface area (Å²) in [5, 5.41) is 3.19. The molecule has 1 aliphatic rings. The van der Waals surface area contributed by atoms with Gasteiger partial charge in [-0.3, -0.25) is 0 Å². The maximum atomic E-state index is 5.56. The molecule has 3 nitrogen and oxygen atoms in total. The summed E-state index contributed by atoms with van der Waals surface area (Å²) in [7, 11) is 2.01. The van der Waals surface area contributed by atoms with Gasteiger partial charge in [-0.15, -0.1) is 0 Å². The SMILES string of the molecule is C.C.C.C.CNCC[N+]1(CCN)CCC1. The van der Waals surface area contributed by atoms with E-state index in [2.05, 4.69) is 5.32 Å². The summed E-state index contributed by atoms with van der Waals surface area (Å²) in [5.41, 5.74) is 5.56. The van der Waals surface area contributed by atoms with Crippen molar-refractivity contribution in [1.82, 2.24) is 5.32 Å². The third-order valence-electron chi connectivity index (χ3n) is 2.70. The van der Waals surface area contributed by atoms with E-state index < -0.39 is 0 Å². The molecule has 0 atom stereocenters. The zero-order chi connectivity index (χ0) is 8.16. The van der Waals surface area contributed by atoms with Gasteiger partial charge in [-0.2, -0.15) is 0 Å². The lowest BCUT2D eigenvalue weighted by Gasteiger charge is -2.45. The Morgan fingerprint density at radius 2 is 1.60 bits per heavy atom. The zero-order valence-corrected chi connectivity index (χ0v) is 7.47. The van der Waals surface area contributed by atoms with Crippen LogP contribution in [0.4, 0.5) is 0 Å². The lowest BCUT2D eigenvalue weighted by molar-refractivity contribution is -0.961. The lowest BCUT2D eigenvalue weighted by Crippen LogP contribution is -2.61. The molecule has 0 saturated carbocycles. The summed E-state index contributed by atoms with van der Waals surface area (Å²) in [5.74, 6) is 0. The van der Waals surface area contributed by atoms with Crippen LogP contribution in [0, 0.1) is 0 Å². The van der Waals surface area contributed by atoms with E-state index in [1.165, 1.54) is 37.1 Å². The number of likely N-dealkylation sites (N-methyl/N-ethyl adjacent to an activating group) is 1. The molecule has 1 rings (SSSR count). The van der Waals surface area contributed by atoms with E-state index in [1.54, 1.807) is 0 Å². The first-order valence-corrected chi connectivity index (χ1v) is 4.53. The van der Waals surface area contributed by atoms with E-state index in [1.807, 2.05) is 7.05 Å². The first-order valence-electron chi connectivity index (χ1n) is 4.53. The van der Waals surface area contributed by atoms with Crippen LogP contribution >= 0.6 is 0 Å². The topological polar surface area (TPSA) is 38.0 Å². The Balaban J connectivity index is -0.000000151. The molecule has 1 saturated heterocycles. The highest BCUT2D eigenvalue weighted by Gasteiger charge is 2.33. The van der Waals surface area contributed by atoms with Crippen LogP contribution < -0.4 is 11.1 Å². The molecule has 0 aliphatic carbocycles. The van der Waals surface area contributed by atoms with Gasteiger partial charge < -0.3 is 15.5 Å². The minimum absolute atomic E-state index is 0. The van der Waals surface area contributed by atoms with Crippen molar-refractivity contribution in [1.29, 1.82) is 0 Å². The molecule has 1 heterocycles. The van der Waals surface area contributed by atoms with Gasteiger partial charge >= 0.3 is 0 Å². The second-order valence-corrected chi connectivity index (χ2v) is 3.48. The molecule has 0 amide bonds. The minimum Gasteiger partial charge on any atom is -0.326 e. The van der Waals surface area contributed by atoms with Crippen LogP contribution in [0.3, 0.4) is 0 Å². The monoisotopic (exact) mass is 222 g/mol. The number of nitrogens with one attached hydrogen (secondary N) is 1. The maximum absolute atomic E-state index is 5.56.